The van der Waals surface area contributed by atoms with Crippen LogP contribution in [0.2, 0.25) is 0 Å². The van der Waals surface area contributed by atoms with Gasteiger partial charge in [0, 0.05) is 18.5 Å². The van der Waals surface area contributed by atoms with E-state index in [1.165, 1.54) is 32.2 Å². The van der Waals surface area contributed by atoms with Crippen molar-refractivity contribution in [2.24, 2.45) is 17.6 Å². The lowest BCUT2D eigenvalue weighted by atomic mass is 10.0. The second kappa shape index (κ2) is 5.83. The van der Waals surface area contributed by atoms with E-state index in [4.69, 9.17) is 5.73 Å². The summed E-state index contributed by atoms with van der Waals surface area (Å²) in [7, 11) is 0. The molecule has 0 aromatic rings. The number of piperidine rings is 1. The number of likely N-dealkylation sites (tertiary alicyclic amines) is 1. The van der Waals surface area contributed by atoms with Gasteiger partial charge in [0.2, 0.25) is 5.91 Å². The fourth-order valence-corrected chi connectivity index (χ4v) is 2.45. The Morgan fingerprint density at radius 1 is 1.35 bits per heavy atom. The molecule has 2 fully saturated rings. The first-order valence-electron chi connectivity index (χ1n) is 6.90. The molecule has 1 saturated heterocycles. The van der Waals surface area contributed by atoms with Crippen molar-refractivity contribution in [1.29, 1.82) is 0 Å². The van der Waals surface area contributed by atoms with E-state index in [0.717, 1.165) is 25.6 Å². The van der Waals surface area contributed by atoms with Crippen molar-refractivity contribution in [2.45, 2.75) is 38.6 Å². The maximum Gasteiger partial charge on any atom is 0.221 e. The summed E-state index contributed by atoms with van der Waals surface area (Å²) in [5, 5.41) is 3.66. The van der Waals surface area contributed by atoms with E-state index in [0.29, 0.717) is 6.04 Å². The van der Waals surface area contributed by atoms with Gasteiger partial charge in [-0.25, -0.2) is 0 Å². The van der Waals surface area contributed by atoms with Crippen LogP contribution in [-0.4, -0.2) is 43.0 Å². The first kappa shape index (κ1) is 12.8. The quantitative estimate of drug-likeness (QED) is 0.712. The van der Waals surface area contributed by atoms with Crippen LogP contribution in [0.4, 0.5) is 0 Å². The number of carbonyl (C=O) groups is 1. The van der Waals surface area contributed by atoms with Gasteiger partial charge in [-0.3, -0.25) is 4.79 Å². The Kier molecular flexibility index (Phi) is 4.40. The van der Waals surface area contributed by atoms with Crippen molar-refractivity contribution in [1.82, 2.24) is 10.2 Å². The average Bonchev–Trinajstić information content (AvgIpc) is 3.12. The molecule has 1 heterocycles. The van der Waals surface area contributed by atoms with Crippen molar-refractivity contribution in [3.63, 3.8) is 0 Å². The molecule has 1 unspecified atom stereocenters. The van der Waals surface area contributed by atoms with Gasteiger partial charge >= 0.3 is 0 Å². The molecule has 1 saturated carbocycles. The Labute approximate surface area is 104 Å². The maximum absolute atomic E-state index is 11.0. The summed E-state index contributed by atoms with van der Waals surface area (Å²) in [5.41, 5.74) is 5.29. The zero-order valence-corrected chi connectivity index (χ0v) is 10.8. The molecule has 3 N–H and O–H groups in total. The largest absolute Gasteiger partial charge is 0.369 e. The van der Waals surface area contributed by atoms with Gasteiger partial charge in [0.05, 0.1) is 0 Å². The first-order valence-corrected chi connectivity index (χ1v) is 6.90. The molecular weight excluding hydrogens is 214 g/mol. The van der Waals surface area contributed by atoms with Gasteiger partial charge in [-0.2, -0.15) is 0 Å². The van der Waals surface area contributed by atoms with Crippen LogP contribution in [0, 0.1) is 11.8 Å². The van der Waals surface area contributed by atoms with Crippen LogP contribution in [0.25, 0.3) is 0 Å². The average molecular weight is 239 g/mol. The molecule has 1 aliphatic carbocycles. The summed E-state index contributed by atoms with van der Waals surface area (Å²) in [6.07, 6.45) is 5.25. The van der Waals surface area contributed by atoms with Crippen LogP contribution in [0.15, 0.2) is 0 Å². The van der Waals surface area contributed by atoms with E-state index in [1.54, 1.807) is 0 Å². The molecule has 1 amide bonds. The van der Waals surface area contributed by atoms with Crippen molar-refractivity contribution in [3.8, 4) is 0 Å². The third kappa shape index (κ3) is 4.28. The molecule has 1 aliphatic heterocycles. The van der Waals surface area contributed by atoms with Crippen molar-refractivity contribution >= 4 is 5.91 Å². The highest BCUT2D eigenvalue weighted by Crippen LogP contribution is 2.28. The molecule has 0 bridgehead atoms. The Morgan fingerprint density at radius 3 is 2.53 bits per heavy atom. The van der Waals surface area contributed by atoms with Gasteiger partial charge in [0.25, 0.3) is 0 Å². The fraction of sp³-hybridized carbons (Fsp3) is 0.923. The number of nitrogens with zero attached hydrogens (tertiary/aromatic N) is 1. The highest BCUT2D eigenvalue weighted by molar-refractivity contribution is 5.76. The van der Waals surface area contributed by atoms with Crippen LogP contribution in [0.1, 0.15) is 32.6 Å². The monoisotopic (exact) mass is 239 g/mol. The van der Waals surface area contributed by atoms with Crippen LogP contribution in [0.3, 0.4) is 0 Å². The maximum atomic E-state index is 11.0. The Balaban J connectivity index is 1.61. The van der Waals surface area contributed by atoms with Crippen molar-refractivity contribution in [2.75, 3.05) is 26.2 Å². The smallest absolute Gasteiger partial charge is 0.221 e. The lowest BCUT2D eigenvalue weighted by molar-refractivity contribution is -0.121. The number of rotatable bonds is 6. The van der Waals surface area contributed by atoms with Gasteiger partial charge in [-0.1, -0.05) is 6.92 Å². The lowest BCUT2D eigenvalue weighted by Crippen LogP contribution is -2.45. The van der Waals surface area contributed by atoms with Gasteiger partial charge < -0.3 is 16.0 Å². The summed E-state index contributed by atoms with van der Waals surface area (Å²) < 4.78 is 0. The molecule has 2 rings (SSSR count). The third-order valence-electron chi connectivity index (χ3n) is 4.00. The lowest BCUT2D eigenvalue weighted by Gasteiger charge is -2.33. The number of carbonyl (C=O) groups excluding carboxylic acids is 1. The predicted molar refractivity (Wildman–Crippen MR) is 68.5 cm³/mol. The topological polar surface area (TPSA) is 58.4 Å². The predicted octanol–water partition coefficient (Wildman–Crippen LogP) is 0.572. The zero-order valence-electron chi connectivity index (χ0n) is 10.8. The molecule has 0 radical (unpaired) electrons. The summed E-state index contributed by atoms with van der Waals surface area (Å²) in [6, 6.07) is 0.690. The van der Waals surface area contributed by atoms with Crippen molar-refractivity contribution < 1.29 is 4.79 Å². The standard InChI is InChI=1S/C13H25N3O/c1-10(13(14)17)9-16-6-4-12(5-7-16)15-8-11-2-3-11/h10-12,15H,2-9H2,1H3,(H2,14,17). The molecule has 17 heavy (non-hydrogen) atoms. The normalized spacial score (nSPS) is 24.8. The van der Waals surface area contributed by atoms with Gasteiger partial charge in [0.1, 0.15) is 0 Å². The van der Waals surface area contributed by atoms with Crippen LogP contribution < -0.4 is 11.1 Å². The van der Waals surface area contributed by atoms with E-state index in [2.05, 4.69) is 10.2 Å². The van der Waals surface area contributed by atoms with Crippen LogP contribution in [0.5, 0.6) is 0 Å². The van der Waals surface area contributed by atoms with E-state index >= 15 is 0 Å². The fourth-order valence-electron chi connectivity index (χ4n) is 2.45. The zero-order chi connectivity index (χ0) is 12.3. The molecule has 0 aromatic carbocycles. The van der Waals surface area contributed by atoms with Gasteiger partial charge in [-0.15, -0.1) is 0 Å². The van der Waals surface area contributed by atoms with Gasteiger partial charge in [-0.05, 0) is 51.2 Å². The molecular formula is C13H25N3O. The minimum atomic E-state index is -0.181. The third-order valence-corrected chi connectivity index (χ3v) is 4.00. The number of amides is 1. The summed E-state index contributed by atoms with van der Waals surface area (Å²) in [4.78, 5) is 13.4. The SMILES string of the molecule is CC(CN1CCC(NCC2CC2)CC1)C(N)=O. The molecule has 4 nitrogen and oxygen atoms in total. The van der Waals surface area contributed by atoms with Gasteiger partial charge in [0.15, 0.2) is 0 Å². The number of nitrogens with one attached hydrogen (secondary N) is 1. The molecule has 2 aliphatic rings. The van der Waals surface area contributed by atoms with E-state index in [1.807, 2.05) is 6.92 Å². The Hall–Kier alpha value is -0.610. The Morgan fingerprint density at radius 2 is 2.00 bits per heavy atom. The van der Waals surface area contributed by atoms with Crippen LogP contribution in [-0.2, 0) is 4.79 Å². The molecule has 0 spiro atoms. The minimum Gasteiger partial charge on any atom is -0.369 e. The molecule has 4 heteroatoms. The highest BCUT2D eigenvalue weighted by Gasteiger charge is 2.25. The summed E-state index contributed by atoms with van der Waals surface area (Å²) in [5.74, 6) is 0.757. The second-order valence-corrected chi connectivity index (χ2v) is 5.73. The number of primary amides is 1. The van der Waals surface area contributed by atoms with E-state index in [-0.39, 0.29) is 11.8 Å². The summed E-state index contributed by atoms with van der Waals surface area (Å²) >= 11 is 0. The molecule has 98 valence electrons. The minimum absolute atomic E-state index is 0.0222. The molecule has 1 atom stereocenters. The van der Waals surface area contributed by atoms with Crippen molar-refractivity contribution in [3.05, 3.63) is 0 Å². The number of hydrogen-bond acceptors (Lipinski definition) is 3. The Bertz CT molecular complexity index is 257. The molecule has 0 aromatic heterocycles. The first-order chi connectivity index (χ1) is 8.15. The second-order valence-electron chi connectivity index (χ2n) is 5.73. The number of hydrogen-bond donors (Lipinski definition) is 2. The van der Waals surface area contributed by atoms with Crippen LogP contribution >= 0.6 is 0 Å². The van der Waals surface area contributed by atoms with E-state index in [9.17, 15) is 4.79 Å². The number of nitrogens with two attached hydrogens (primary N) is 1. The highest BCUT2D eigenvalue weighted by atomic mass is 16.1. The van der Waals surface area contributed by atoms with E-state index < -0.39 is 0 Å². The summed E-state index contributed by atoms with van der Waals surface area (Å²) in [6.45, 7) is 6.15.